The van der Waals surface area contributed by atoms with Gasteiger partial charge in [-0.15, -0.1) is 0 Å². The van der Waals surface area contributed by atoms with E-state index in [0.29, 0.717) is 18.5 Å². The van der Waals surface area contributed by atoms with Crippen LogP contribution in [0.1, 0.15) is 43.1 Å². The van der Waals surface area contributed by atoms with Crippen LogP contribution in [0.5, 0.6) is 5.75 Å². The topological polar surface area (TPSA) is 73.9 Å². The summed E-state index contributed by atoms with van der Waals surface area (Å²) in [5.41, 5.74) is 0.877. The number of anilines is 1. The average molecular weight is 403 g/mol. The fourth-order valence-corrected chi connectivity index (χ4v) is 2.56. The molecule has 7 heteroatoms. The minimum absolute atomic E-state index is 0.142. The van der Waals surface area contributed by atoms with Gasteiger partial charge in [0, 0.05) is 5.69 Å². The summed E-state index contributed by atoms with van der Waals surface area (Å²) in [6.07, 6.45) is 0.719. The Bertz CT molecular complexity index is 843. The predicted molar refractivity (Wildman–Crippen MR) is 108 cm³/mol. The molecule has 0 fully saturated rings. The van der Waals surface area contributed by atoms with E-state index >= 15 is 0 Å². The SMILES string of the molecule is COc1cccc(F)c1C(=O)OCCCc1ccc(NC(=O)OC(C)(C)C)cc1. The van der Waals surface area contributed by atoms with Gasteiger partial charge in [0.1, 0.15) is 22.7 Å². The Morgan fingerprint density at radius 1 is 1.07 bits per heavy atom. The molecule has 2 rings (SSSR count). The lowest BCUT2D eigenvalue weighted by Gasteiger charge is -2.19. The molecule has 0 aromatic heterocycles. The van der Waals surface area contributed by atoms with Crippen molar-refractivity contribution >= 4 is 17.7 Å². The summed E-state index contributed by atoms with van der Waals surface area (Å²) in [6, 6.07) is 11.4. The summed E-state index contributed by atoms with van der Waals surface area (Å²) in [7, 11) is 1.37. The van der Waals surface area contributed by atoms with Crippen molar-refractivity contribution < 1.29 is 28.2 Å². The summed E-state index contributed by atoms with van der Waals surface area (Å²) >= 11 is 0. The molecule has 29 heavy (non-hydrogen) atoms. The molecule has 0 saturated heterocycles. The van der Waals surface area contributed by atoms with Gasteiger partial charge < -0.3 is 14.2 Å². The fourth-order valence-electron chi connectivity index (χ4n) is 2.56. The third kappa shape index (κ3) is 7.10. The number of hydrogen-bond acceptors (Lipinski definition) is 5. The first-order valence-electron chi connectivity index (χ1n) is 9.28. The van der Waals surface area contributed by atoms with Gasteiger partial charge in [-0.05, 0) is 63.4 Å². The van der Waals surface area contributed by atoms with Crippen LogP contribution in [0, 0.1) is 5.82 Å². The van der Waals surface area contributed by atoms with E-state index in [2.05, 4.69) is 5.32 Å². The van der Waals surface area contributed by atoms with E-state index in [1.807, 2.05) is 12.1 Å². The highest BCUT2D eigenvalue weighted by Gasteiger charge is 2.19. The Labute approximate surface area is 170 Å². The van der Waals surface area contributed by atoms with Gasteiger partial charge in [-0.2, -0.15) is 0 Å². The number of methoxy groups -OCH3 is 1. The number of rotatable bonds is 7. The van der Waals surface area contributed by atoms with E-state index in [9.17, 15) is 14.0 Å². The lowest BCUT2D eigenvalue weighted by Crippen LogP contribution is -2.27. The Kier molecular flexibility index (Phi) is 7.59. The second-order valence-electron chi connectivity index (χ2n) is 7.38. The largest absolute Gasteiger partial charge is 0.496 e. The number of nitrogens with one attached hydrogen (secondary N) is 1. The molecule has 0 aliphatic heterocycles. The van der Waals surface area contributed by atoms with Gasteiger partial charge in [0.2, 0.25) is 0 Å². The number of halogens is 1. The Morgan fingerprint density at radius 3 is 2.38 bits per heavy atom. The normalized spacial score (nSPS) is 10.9. The summed E-state index contributed by atoms with van der Waals surface area (Å²) in [4.78, 5) is 23.9. The molecule has 0 spiro atoms. The molecule has 0 heterocycles. The summed E-state index contributed by atoms with van der Waals surface area (Å²) in [5, 5.41) is 2.66. The zero-order valence-corrected chi connectivity index (χ0v) is 17.1. The first kappa shape index (κ1) is 22.2. The number of esters is 1. The van der Waals surface area contributed by atoms with Gasteiger partial charge in [0.25, 0.3) is 0 Å². The second-order valence-corrected chi connectivity index (χ2v) is 7.38. The van der Waals surface area contributed by atoms with Gasteiger partial charge in [-0.25, -0.2) is 14.0 Å². The molecule has 0 unspecified atom stereocenters. The van der Waals surface area contributed by atoms with Gasteiger partial charge >= 0.3 is 12.1 Å². The van der Waals surface area contributed by atoms with Crippen molar-refractivity contribution in [1.82, 2.24) is 0 Å². The molecule has 0 radical (unpaired) electrons. The fraction of sp³-hybridized carbons (Fsp3) is 0.364. The predicted octanol–water partition coefficient (Wildman–Crippen LogP) is 4.97. The maximum atomic E-state index is 13.9. The summed E-state index contributed by atoms with van der Waals surface area (Å²) in [5.74, 6) is -1.29. The molecule has 0 aliphatic carbocycles. The lowest BCUT2D eigenvalue weighted by molar-refractivity contribution is 0.0490. The molecular formula is C22H26FNO5. The molecule has 0 atom stereocenters. The molecule has 0 saturated carbocycles. The number of carbonyl (C=O) groups is 2. The molecular weight excluding hydrogens is 377 g/mol. The number of aryl methyl sites for hydroxylation is 1. The minimum atomic E-state index is -0.753. The van der Waals surface area contributed by atoms with Crippen molar-refractivity contribution in [1.29, 1.82) is 0 Å². The van der Waals surface area contributed by atoms with Crippen molar-refractivity contribution in [2.24, 2.45) is 0 Å². The molecule has 6 nitrogen and oxygen atoms in total. The number of amides is 1. The van der Waals surface area contributed by atoms with Crippen LogP contribution in [0.2, 0.25) is 0 Å². The second kappa shape index (κ2) is 9.91. The quantitative estimate of drug-likeness (QED) is 0.522. The zero-order valence-electron chi connectivity index (χ0n) is 17.1. The average Bonchev–Trinajstić information content (AvgIpc) is 2.64. The van der Waals surface area contributed by atoms with Crippen LogP contribution < -0.4 is 10.1 Å². The minimum Gasteiger partial charge on any atom is -0.496 e. The van der Waals surface area contributed by atoms with Crippen molar-refractivity contribution in [3.63, 3.8) is 0 Å². The van der Waals surface area contributed by atoms with E-state index < -0.39 is 23.5 Å². The van der Waals surface area contributed by atoms with E-state index in [1.54, 1.807) is 32.9 Å². The summed E-state index contributed by atoms with van der Waals surface area (Å²) in [6.45, 7) is 5.54. The zero-order chi connectivity index (χ0) is 21.4. The van der Waals surface area contributed by atoms with E-state index in [-0.39, 0.29) is 17.9 Å². The van der Waals surface area contributed by atoms with E-state index in [1.165, 1.54) is 25.3 Å². The van der Waals surface area contributed by atoms with Crippen LogP contribution in [-0.2, 0) is 15.9 Å². The maximum Gasteiger partial charge on any atom is 0.412 e. The van der Waals surface area contributed by atoms with Crippen LogP contribution in [0.3, 0.4) is 0 Å². The summed E-state index contributed by atoms with van der Waals surface area (Å²) < 4.78 is 29.2. The first-order valence-corrected chi connectivity index (χ1v) is 9.28. The third-order valence-electron chi connectivity index (χ3n) is 3.84. The number of hydrogen-bond donors (Lipinski definition) is 1. The number of ether oxygens (including phenoxy) is 3. The van der Waals surface area contributed by atoms with Gasteiger partial charge in [-0.3, -0.25) is 5.32 Å². The third-order valence-corrected chi connectivity index (χ3v) is 3.84. The van der Waals surface area contributed by atoms with E-state index in [4.69, 9.17) is 14.2 Å². The molecule has 2 aromatic rings. The number of benzene rings is 2. The van der Waals surface area contributed by atoms with Crippen molar-refractivity contribution in [3.8, 4) is 5.75 Å². The highest BCUT2D eigenvalue weighted by molar-refractivity contribution is 5.92. The Morgan fingerprint density at radius 2 is 1.76 bits per heavy atom. The van der Waals surface area contributed by atoms with Crippen molar-refractivity contribution in [2.45, 2.75) is 39.2 Å². The smallest absolute Gasteiger partial charge is 0.412 e. The first-order chi connectivity index (χ1) is 13.7. The van der Waals surface area contributed by atoms with Crippen molar-refractivity contribution in [2.75, 3.05) is 19.0 Å². The highest BCUT2D eigenvalue weighted by atomic mass is 19.1. The standard InChI is InChI=1S/C22H26FNO5/c1-22(2,3)29-21(26)24-16-12-10-15(11-13-16)7-6-14-28-20(25)19-17(23)8-5-9-18(19)27-4/h5,8-13H,6-7,14H2,1-4H3,(H,24,26). The molecule has 0 bridgehead atoms. The Balaban J connectivity index is 1.80. The van der Waals surface area contributed by atoms with Gasteiger partial charge in [0.15, 0.2) is 0 Å². The molecule has 1 amide bonds. The van der Waals surface area contributed by atoms with Crippen LogP contribution in [-0.4, -0.2) is 31.4 Å². The highest BCUT2D eigenvalue weighted by Crippen LogP contribution is 2.22. The molecule has 2 aromatic carbocycles. The number of carbonyl (C=O) groups excluding carboxylic acids is 2. The van der Waals surface area contributed by atoms with E-state index in [0.717, 1.165) is 5.56 Å². The van der Waals surface area contributed by atoms with Crippen LogP contribution in [0.4, 0.5) is 14.9 Å². The van der Waals surface area contributed by atoms with Gasteiger partial charge in [-0.1, -0.05) is 18.2 Å². The monoisotopic (exact) mass is 403 g/mol. The van der Waals surface area contributed by atoms with Gasteiger partial charge in [0.05, 0.1) is 13.7 Å². The van der Waals surface area contributed by atoms with Crippen LogP contribution in [0.25, 0.3) is 0 Å². The molecule has 1 N–H and O–H groups in total. The van der Waals surface area contributed by atoms with Crippen LogP contribution in [0.15, 0.2) is 42.5 Å². The van der Waals surface area contributed by atoms with Crippen LogP contribution >= 0.6 is 0 Å². The maximum absolute atomic E-state index is 13.9. The molecule has 156 valence electrons. The molecule has 0 aliphatic rings. The Hall–Kier alpha value is -3.09. The van der Waals surface area contributed by atoms with Crippen molar-refractivity contribution in [3.05, 3.63) is 59.4 Å². The lowest BCUT2D eigenvalue weighted by atomic mass is 10.1.